The summed E-state index contributed by atoms with van der Waals surface area (Å²) >= 11 is 3.08. The van der Waals surface area contributed by atoms with Crippen LogP contribution in [0, 0.1) is 10.1 Å². The summed E-state index contributed by atoms with van der Waals surface area (Å²) in [5, 5.41) is 15.2. The van der Waals surface area contributed by atoms with Gasteiger partial charge < -0.3 is 14.6 Å². The monoisotopic (exact) mass is 381 g/mol. The van der Waals surface area contributed by atoms with Crippen LogP contribution in [-0.4, -0.2) is 42.5 Å². The topological polar surface area (TPSA) is 71.6 Å². The van der Waals surface area contributed by atoms with Gasteiger partial charge in [-0.2, -0.15) is 11.8 Å². The van der Waals surface area contributed by atoms with Crippen LogP contribution in [-0.2, 0) is 12.3 Å². The maximum atomic E-state index is 10.5. The number of rotatable bonds is 10. The Hall–Kier alpha value is -1.64. The van der Waals surface area contributed by atoms with Gasteiger partial charge in [-0.15, -0.1) is 11.8 Å². The Bertz CT molecular complexity index is 744. The number of furan rings is 1. The van der Waals surface area contributed by atoms with Crippen LogP contribution in [0.25, 0.3) is 11.0 Å². The molecule has 0 saturated heterocycles. The molecular weight excluding hydrogens is 358 g/mol. The van der Waals surface area contributed by atoms with E-state index >= 15 is 0 Å². The zero-order valence-corrected chi connectivity index (χ0v) is 16.3. The number of hydrogen-bond donors (Lipinski definition) is 1. The van der Waals surface area contributed by atoms with Crippen LogP contribution in [0.4, 0.5) is 0 Å². The molecule has 0 spiro atoms. The predicted molar refractivity (Wildman–Crippen MR) is 106 cm³/mol. The molecule has 0 fully saturated rings. The minimum atomic E-state index is -0.440. The van der Waals surface area contributed by atoms with E-state index in [-0.39, 0.29) is 0 Å². The van der Waals surface area contributed by atoms with E-state index in [0.29, 0.717) is 11.6 Å². The number of thioether (sulfide) groups is 2. The van der Waals surface area contributed by atoms with Crippen LogP contribution in [0.3, 0.4) is 0 Å². The highest BCUT2D eigenvalue weighted by molar-refractivity contribution is 8.02. The Kier molecular flexibility index (Phi) is 7.67. The summed E-state index contributed by atoms with van der Waals surface area (Å²) < 4.78 is 5.93. The second-order valence-corrected chi connectivity index (χ2v) is 7.74. The minimum absolute atomic E-state index is 0.440. The molecule has 25 heavy (non-hydrogen) atoms. The molecule has 0 unspecified atom stereocenters. The van der Waals surface area contributed by atoms with Crippen molar-refractivity contribution in [1.82, 2.24) is 10.2 Å². The molecule has 1 aromatic heterocycles. The van der Waals surface area contributed by atoms with Crippen molar-refractivity contribution in [2.24, 2.45) is 0 Å². The highest BCUT2D eigenvalue weighted by Crippen LogP contribution is 2.24. The van der Waals surface area contributed by atoms with Crippen LogP contribution >= 0.6 is 23.5 Å². The van der Waals surface area contributed by atoms with Crippen molar-refractivity contribution in [1.29, 1.82) is 0 Å². The fraction of sp³-hybridized carbons (Fsp3) is 0.412. The highest BCUT2D eigenvalue weighted by Gasteiger charge is 2.06. The largest absolute Gasteiger partial charge is 0.460 e. The number of nitrogens with one attached hydrogen (secondary N) is 1. The smallest absolute Gasteiger partial charge is 0.263 e. The van der Waals surface area contributed by atoms with E-state index in [2.05, 4.69) is 34.5 Å². The number of fused-ring (bicyclic) bond motifs is 1. The lowest BCUT2D eigenvalue weighted by molar-refractivity contribution is -0.403. The van der Waals surface area contributed by atoms with E-state index < -0.39 is 4.92 Å². The summed E-state index contributed by atoms with van der Waals surface area (Å²) in [6.07, 6.45) is 2.81. The molecule has 0 amide bonds. The average Bonchev–Trinajstić information content (AvgIpc) is 2.94. The molecule has 136 valence electrons. The van der Waals surface area contributed by atoms with Gasteiger partial charge in [0, 0.05) is 24.2 Å². The first-order chi connectivity index (χ1) is 12.0. The van der Waals surface area contributed by atoms with Gasteiger partial charge in [-0.05, 0) is 38.0 Å². The molecule has 0 atom stereocenters. The van der Waals surface area contributed by atoms with Crippen LogP contribution in [0.2, 0.25) is 0 Å². The molecule has 2 rings (SSSR count). The van der Waals surface area contributed by atoms with Gasteiger partial charge in [0.05, 0.1) is 10.7 Å². The van der Waals surface area contributed by atoms with Crippen LogP contribution in [0.15, 0.2) is 39.9 Å². The average molecular weight is 382 g/mol. The first-order valence-electron chi connectivity index (χ1n) is 7.85. The highest BCUT2D eigenvalue weighted by atomic mass is 32.2. The van der Waals surface area contributed by atoms with Gasteiger partial charge in [-0.1, -0.05) is 12.1 Å². The Morgan fingerprint density at radius 2 is 2.20 bits per heavy atom. The Morgan fingerprint density at radius 3 is 2.88 bits per heavy atom. The zero-order valence-electron chi connectivity index (χ0n) is 14.7. The van der Waals surface area contributed by atoms with Crippen molar-refractivity contribution in [3.8, 4) is 0 Å². The van der Waals surface area contributed by atoms with Gasteiger partial charge in [0.25, 0.3) is 6.20 Å². The summed E-state index contributed by atoms with van der Waals surface area (Å²) in [4.78, 5) is 12.2. The second kappa shape index (κ2) is 9.74. The first kappa shape index (κ1) is 19.7. The fourth-order valence-corrected chi connectivity index (χ4v) is 3.52. The van der Waals surface area contributed by atoms with Gasteiger partial charge in [0.15, 0.2) is 0 Å². The molecule has 6 nitrogen and oxygen atoms in total. The molecule has 0 radical (unpaired) electrons. The molecular formula is C17H23N3O3S2. The normalized spacial score (nSPS) is 12.1. The third-order valence-electron chi connectivity index (χ3n) is 3.37. The molecule has 0 aliphatic carbocycles. The van der Waals surface area contributed by atoms with Crippen LogP contribution < -0.4 is 5.32 Å². The maximum Gasteiger partial charge on any atom is 0.263 e. The van der Waals surface area contributed by atoms with Gasteiger partial charge in [-0.3, -0.25) is 10.1 Å². The molecule has 0 aliphatic rings. The Morgan fingerprint density at radius 1 is 1.40 bits per heavy atom. The lowest BCUT2D eigenvalue weighted by Gasteiger charge is -2.08. The molecule has 1 heterocycles. The van der Waals surface area contributed by atoms with Gasteiger partial charge in [0.2, 0.25) is 0 Å². The van der Waals surface area contributed by atoms with Crippen LogP contribution in [0.5, 0.6) is 0 Å². The first-order valence-corrected chi connectivity index (χ1v) is 10.2. The van der Waals surface area contributed by atoms with Gasteiger partial charge in [0.1, 0.15) is 16.4 Å². The third-order valence-corrected chi connectivity index (χ3v) is 5.04. The van der Waals surface area contributed by atoms with Gasteiger partial charge >= 0.3 is 0 Å². The van der Waals surface area contributed by atoms with E-state index in [9.17, 15) is 10.1 Å². The third kappa shape index (κ3) is 6.64. The standard InChI is InChI=1S/C17H23N3O3S2/c1-19(2)10-13-4-5-14-9-15(23-16(14)8-13)12-25-7-6-18-17(24-3)11-20(21)22/h4-5,8-9,11,18H,6-7,10,12H2,1-3H3. The lowest BCUT2D eigenvalue weighted by atomic mass is 10.1. The van der Waals surface area contributed by atoms with Crippen molar-refractivity contribution in [3.63, 3.8) is 0 Å². The SMILES string of the molecule is CSC(=C[N+](=O)[O-])NCCSCc1cc2ccc(CN(C)C)cc2o1. The maximum absolute atomic E-state index is 10.5. The Labute approximate surface area is 156 Å². The summed E-state index contributed by atoms with van der Waals surface area (Å²) in [5.74, 6) is 2.58. The summed E-state index contributed by atoms with van der Waals surface area (Å²) in [7, 11) is 4.09. The summed E-state index contributed by atoms with van der Waals surface area (Å²) in [6, 6.07) is 8.40. The van der Waals surface area contributed by atoms with E-state index in [4.69, 9.17) is 4.42 Å². The second-order valence-electron chi connectivity index (χ2n) is 5.78. The molecule has 2 aromatic rings. The van der Waals surface area contributed by atoms with Crippen molar-refractivity contribution in [2.75, 3.05) is 32.6 Å². The minimum Gasteiger partial charge on any atom is -0.460 e. The quantitative estimate of drug-likeness (QED) is 0.382. The Balaban J connectivity index is 1.82. The van der Waals surface area contributed by atoms with Crippen molar-refractivity contribution < 1.29 is 9.34 Å². The fourth-order valence-electron chi connectivity index (χ4n) is 2.35. The van der Waals surface area contributed by atoms with Gasteiger partial charge in [-0.25, -0.2) is 0 Å². The van der Waals surface area contributed by atoms with E-state index in [1.165, 1.54) is 17.3 Å². The zero-order chi connectivity index (χ0) is 18.2. The van der Waals surface area contributed by atoms with Crippen molar-refractivity contribution >= 4 is 34.5 Å². The molecule has 1 aromatic carbocycles. The van der Waals surface area contributed by atoms with E-state index in [1.54, 1.807) is 11.8 Å². The molecule has 8 heteroatoms. The summed E-state index contributed by atoms with van der Waals surface area (Å²) in [5.41, 5.74) is 2.16. The summed E-state index contributed by atoms with van der Waals surface area (Å²) in [6.45, 7) is 1.57. The number of benzene rings is 1. The number of nitro groups is 1. The number of nitrogens with zero attached hydrogens (tertiary/aromatic N) is 2. The van der Waals surface area contributed by atoms with Crippen molar-refractivity contribution in [3.05, 3.63) is 56.9 Å². The molecule has 0 aliphatic heterocycles. The molecule has 0 saturated carbocycles. The van der Waals surface area contributed by atoms with Crippen LogP contribution in [0.1, 0.15) is 11.3 Å². The predicted octanol–water partition coefficient (Wildman–Crippen LogP) is 3.76. The van der Waals surface area contributed by atoms with E-state index in [0.717, 1.165) is 41.0 Å². The van der Waals surface area contributed by atoms with Crippen molar-refractivity contribution in [2.45, 2.75) is 12.3 Å². The van der Waals surface area contributed by atoms with E-state index in [1.807, 2.05) is 20.4 Å². The lowest BCUT2D eigenvalue weighted by Crippen LogP contribution is -2.15. The molecule has 0 bridgehead atoms. The number of hydrogen-bond acceptors (Lipinski definition) is 7. The molecule has 1 N–H and O–H groups in total.